The molecule has 5 heteroatoms. The molecule has 2 heterocycles. The number of hydrogen-bond donors (Lipinski definition) is 1. The van der Waals surface area contributed by atoms with E-state index in [1.807, 2.05) is 42.5 Å². The van der Waals surface area contributed by atoms with Crippen LogP contribution in [0.4, 0.5) is 0 Å². The molecular formula is C17H18N4O. The number of rotatable bonds is 5. The van der Waals surface area contributed by atoms with Gasteiger partial charge in [0.2, 0.25) is 0 Å². The fraction of sp³-hybridized carbons (Fsp3) is 0.235. The van der Waals surface area contributed by atoms with Crippen LogP contribution in [0.3, 0.4) is 0 Å². The molecule has 1 N–H and O–H groups in total. The van der Waals surface area contributed by atoms with Gasteiger partial charge in [-0.25, -0.2) is 9.89 Å². The molecule has 0 fully saturated rings. The van der Waals surface area contributed by atoms with E-state index in [-0.39, 0.29) is 11.7 Å². The summed E-state index contributed by atoms with van der Waals surface area (Å²) in [4.78, 5) is 16.3. The molecule has 0 unspecified atom stereocenters. The predicted octanol–water partition coefficient (Wildman–Crippen LogP) is 2.56. The van der Waals surface area contributed by atoms with Gasteiger partial charge in [0.25, 0.3) is 0 Å². The zero-order valence-electron chi connectivity index (χ0n) is 12.4. The number of hydrogen-bond acceptors (Lipinski definition) is 3. The Morgan fingerprint density at radius 1 is 1.18 bits per heavy atom. The Morgan fingerprint density at radius 3 is 2.68 bits per heavy atom. The van der Waals surface area contributed by atoms with E-state index in [4.69, 9.17) is 0 Å². The van der Waals surface area contributed by atoms with Crippen LogP contribution in [0.15, 0.2) is 59.7 Å². The van der Waals surface area contributed by atoms with Crippen molar-refractivity contribution in [1.29, 1.82) is 0 Å². The van der Waals surface area contributed by atoms with Crippen molar-refractivity contribution in [3.63, 3.8) is 0 Å². The van der Waals surface area contributed by atoms with Gasteiger partial charge in [-0.15, -0.1) is 0 Å². The van der Waals surface area contributed by atoms with Crippen molar-refractivity contribution in [2.75, 3.05) is 0 Å². The summed E-state index contributed by atoms with van der Waals surface area (Å²) in [5.74, 6) is 0.730. The molecule has 3 rings (SSSR count). The molecule has 0 spiro atoms. The van der Waals surface area contributed by atoms with Crippen LogP contribution in [0, 0.1) is 0 Å². The molecule has 0 aliphatic carbocycles. The van der Waals surface area contributed by atoms with E-state index in [2.05, 4.69) is 22.1 Å². The number of H-pyrrole nitrogens is 1. The van der Waals surface area contributed by atoms with Gasteiger partial charge in [0, 0.05) is 18.8 Å². The second-order valence-corrected chi connectivity index (χ2v) is 5.19. The molecule has 2 aromatic heterocycles. The first-order chi connectivity index (χ1) is 10.8. The predicted molar refractivity (Wildman–Crippen MR) is 84.8 cm³/mol. The zero-order valence-corrected chi connectivity index (χ0v) is 12.4. The molecule has 0 aliphatic rings. The monoisotopic (exact) mass is 294 g/mol. The first-order valence-corrected chi connectivity index (χ1v) is 7.39. The molecule has 0 bridgehead atoms. The van der Waals surface area contributed by atoms with Gasteiger partial charge in [-0.05, 0) is 23.6 Å². The third-order valence-electron chi connectivity index (χ3n) is 3.75. The van der Waals surface area contributed by atoms with Crippen molar-refractivity contribution < 1.29 is 0 Å². The molecule has 0 amide bonds. The van der Waals surface area contributed by atoms with Crippen molar-refractivity contribution in [1.82, 2.24) is 19.7 Å². The average Bonchev–Trinajstić information content (AvgIpc) is 2.92. The summed E-state index contributed by atoms with van der Waals surface area (Å²) in [6.07, 6.45) is 4.94. The molecule has 0 radical (unpaired) electrons. The van der Waals surface area contributed by atoms with Crippen molar-refractivity contribution in [3.05, 3.63) is 82.3 Å². The fourth-order valence-electron chi connectivity index (χ4n) is 2.71. The van der Waals surface area contributed by atoms with E-state index in [1.165, 1.54) is 0 Å². The Labute approximate surface area is 128 Å². The van der Waals surface area contributed by atoms with Crippen LogP contribution in [-0.2, 0) is 6.42 Å². The van der Waals surface area contributed by atoms with Gasteiger partial charge < -0.3 is 0 Å². The summed E-state index contributed by atoms with van der Waals surface area (Å²) < 4.78 is 1.75. The van der Waals surface area contributed by atoms with Crippen LogP contribution >= 0.6 is 0 Å². The summed E-state index contributed by atoms with van der Waals surface area (Å²) in [5.41, 5.74) is 1.97. The zero-order chi connectivity index (χ0) is 15.4. The molecule has 1 atom stereocenters. The largest absolute Gasteiger partial charge is 0.343 e. The molecule has 0 saturated heterocycles. The van der Waals surface area contributed by atoms with Crippen LogP contribution in [-0.4, -0.2) is 19.7 Å². The molecule has 5 nitrogen and oxygen atoms in total. The summed E-state index contributed by atoms with van der Waals surface area (Å²) >= 11 is 0. The minimum atomic E-state index is -0.172. The highest BCUT2D eigenvalue weighted by Crippen LogP contribution is 2.21. The summed E-state index contributed by atoms with van der Waals surface area (Å²) in [5, 5.41) is 6.78. The van der Waals surface area contributed by atoms with Crippen LogP contribution < -0.4 is 5.69 Å². The second kappa shape index (κ2) is 6.39. The van der Waals surface area contributed by atoms with E-state index in [0.717, 1.165) is 23.4 Å². The first-order valence-electron chi connectivity index (χ1n) is 7.39. The lowest BCUT2D eigenvalue weighted by Gasteiger charge is -2.18. The van der Waals surface area contributed by atoms with Crippen molar-refractivity contribution in [2.45, 2.75) is 25.8 Å². The van der Waals surface area contributed by atoms with E-state index in [0.29, 0.717) is 6.42 Å². The third kappa shape index (κ3) is 2.83. The number of aromatic nitrogens is 4. The van der Waals surface area contributed by atoms with E-state index < -0.39 is 0 Å². The number of nitrogens with one attached hydrogen (secondary N) is 1. The average molecular weight is 294 g/mol. The highest BCUT2D eigenvalue weighted by atomic mass is 16.1. The Balaban J connectivity index is 2.00. The Bertz CT molecular complexity index is 777. The first kappa shape index (κ1) is 14.3. The maximum Gasteiger partial charge on any atom is 0.343 e. The molecule has 3 aromatic rings. The van der Waals surface area contributed by atoms with Gasteiger partial charge in [-0.2, -0.15) is 5.10 Å². The Hall–Kier alpha value is -2.69. The van der Waals surface area contributed by atoms with Crippen LogP contribution in [0.2, 0.25) is 0 Å². The Kier molecular flexibility index (Phi) is 4.14. The van der Waals surface area contributed by atoms with E-state index >= 15 is 0 Å². The van der Waals surface area contributed by atoms with Crippen molar-refractivity contribution >= 4 is 0 Å². The molecule has 112 valence electrons. The van der Waals surface area contributed by atoms with Crippen LogP contribution in [0.25, 0.3) is 0 Å². The maximum atomic E-state index is 12.2. The van der Waals surface area contributed by atoms with Crippen LogP contribution in [0.1, 0.15) is 36.3 Å². The van der Waals surface area contributed by atoms with Gasteiger partial charge in [0.05, 0.1) is 6.04 Å². The number of aromatic amines is 1. The summed E-state index contributed by atoms with van der Waals surface area (Å²) in [6, 6.07) is 13.9. The SMILES string of the molecule is CC[C@@H](c1ccccc1)n1c(Cc2cccnc2)n[nH]c1=O. The topological polar surface area (TPSA) is 63.6 Å². The van der Waals surface area contributed by atoms with Gasteiger partial charge in [-0.1, -0.05) is 43.3 Å². The number of benzene rings is 1. The lowest BCUT2D eigenvalue weighted by Crippen LogP contribution is -2.25. The fourth-order valence-corrected chi connectivity index (χ4v) is 2.71. The van der Waals surface area contributed by atoms with Crippen LogP contribution in [0.5, 0.6) is 0 Å². The number of pyridine rings is 1. The second-order valence-electron chi connectivity index (χ2n) is 5.19. The lowest BCUT2D eigenvalue weighted by atomic mass is 10.0. The van der Waals surface area contributed by atoms with Gasteiger partial charge in [-0.3, -0.25) is 9.55 Å². The Morgan fingerprint density at radius 2 is 2.00 bits per heavy atom. The molecule has 22 heavy (non-hydrogen) atoms. The van der Waals surface area contributed by atoms with E-state index in [1.54, 1.807) is 17.0 Å². The lowest BCUT2D eigenvalue weighted by molar-refractivity contribution is 0.531. The smallest absolute Gasteiger partial charge is 0.271 e. The molecule has 0 saturated carbocycles. The van der Waals surface area contributed by atoms with Crippen molar-refractivity contribution in [2.24, 2.45) is 0 Å². The van der Waals surface area contributed by atoms with Gasteiger partial charge >= 0.3 is 5.69 Å². The highest BCUT2D eigenvalue weighted by Gasteiger charge is 2.19. The van der Waals surface area contributed by atoms with Gasteiger partial charge in [0.15, 0.2) is 0 Å². The third-order valence-corrected chi connectivity index (χ3v) is 3.75. The standard InChI is InChI=1S/C17H18N4O/c1-2-15(14-8-4-3-5-9-14)21-16(19-20-17(21)22)11-13-7-6-10-18-12-13/h3-10,12,15H,2,11H2,1H3,(H,20,22)/t15-/m0/s1. The van der Waals surface area contributed by atoms with Crippen molar-refractivity contribution in [3.8, 4) is 0 Å². The molecule has 1 aromatic carbocycles. The molecular weight excluding hydrogens is 276 g/mol. The normalized spacial score (nSPS) is 12.2. The summed E-state index contributed by atoms with van der Waals surface area (Å²) in [7, 11) is 0. The maximum absolute atomic E-state index is 12.2. The highest BCUT2D eigenvalue weighted by molar-refractivity contribution is 5.22. The minimum Gasteiger partial charge on any atom is -0.271 e. The van der Waals surface area contributed by atoms with E-state index in [9.17, 15) is 4.79 Å². The quantitative estimate of drug-likeness (QED) is 0.786. The van der Waals surface area contributed by atoms with Gasteiger partial charge in [0.1, 0.15) is 5.82 Å². The molecule has 0 aliphatic heterocycles. The minimum absolute atomic E-state index is 0.0147. The number of nitrogens with zero attached hydrogens (tertiary/aromatic N) is 3. The summed E-state index contributed by atoms with van der Waals surface area (Å²) in [6.45, 7) is 2.07.